The summed E-state index contributed by atoms with van der Waals surface area (Å²) in [5.41, 5.74) is 0. The highest BCUT2D eigenvalue weighted by Crippen LogP contribution is 2.43. The number of rotatable bonds is 39. The summed E-state index contributed by atoms with van der Waals surface area (Å²) in [6.45, 7) is 4.38. The third kappa shape index (κ3) is 40.0. The van der Waals surface area contributed by atoms with Crippen molar-refractivity contribution in [2.24, 2.45) is 0 Å². The number of nitrogens with zero attached hydrogens (tertiary/aromatic N) is 1. The highest BCUT2D eigenvalue weighted by atomic mass is 31.2. The third-order valence-electron chi connectivity index (χ3n) is 9.23. The van der Waals surface area contributed by atoms with E-state index in [2.05, 4.69) is 38.2 Å². The minimum atomic E-state index is -4.38. The lowest BCUT2D eigenvalue weighted by atomic mass is 10.0. The molecule has 53 heavy (non-hydrogen) atoms. The summed E-state index contributed by atoms with van der Waals surface area (Å²) >= 11 is 0. The van der Waals surface area contributed by atoms with E-state index < -0.39 is 32.5 Å². The third-order valence-corrected chi connectivity index (χ3v) is 10.2. The van der Waals surface area contributed by atoms with Crippen LogP contribution in [0, 0.1) is 0 Å². The van der Waals surface area contributed by atoms with Crippen molar-refractivity contribution >= 4 is 19.8 Å². The van der Waals surface area contributed by atoms with Crippen molar-refractivity contribution in [1.82, 2.24) is 0 Å². The minimum Gasteiger partial charge on any atom is -0.462 e. The molecule has 0 aliphatic carbocycles. The zero-order valence-corrected chi connectivity index (χ0v) is 35.9. The van der Waals surface area contributed by atoms with Crippen molar-refractivity contribution in [3.05, 3.63) is 24.3 Å². The van der Waals surface area contributed by atoms with Crippen LogP contribution < -0.4 is 0 Å². The molecular formula is C43H83NO8P+. The first-order valence-electron chi connectivity index (χ1n) is 21.6. The smallest absolute Gasteiger partial charge is 0.462 e. The largest absolute Gasteiger partial charge is 0.472 e. The van der Waals surface area contributed by atoms with Crippen molar-refractivity contribution in [2.75, 3.05) is 47.5 Å². The van der Waals surface area contributed by atoms with Gasteiger partial charge in [-0.1, -0.05) is 160 Å². The summed E-state index contributed by atoms with van der Waals surface area (Å²) in [5, 5.41) is 0. The molecule has 0 aliphatic heterocycles. The number of esters is 2. The Labute approximate surface area is 326 Å². The van der Waals surface area contributed by atoms with Crippen molar-refractivity contribution in [3.63, 3.8) is 0 Å². The van der Waals surface area contributed by atoms with Gasteiger partial charge in [-0.25, -0.2) is 4.57 Å². The highest BCUT2D eigenvalue weighted by molar-refractivity contribution is 7.47. The molecule has 0 bridgehead atoms. The Bertz CT molecular complexity index is 964. The summed E-state index contributed by atoms with van der Waals surface area (Å²) < 4.78 is 34.2. The predicted molar refractivity (Wildman–Crippen MR) is 220 cm³/mol. The Morgan fingerprint density at radius 1 is 0.585 bits per heavy atom. The lowest BCUT2D eigenvalue weighted by Gasteiger charge is -2.24. The van der Waals surface area contributed by atoms with Gasteiger partial charge < -0.3 is 18.9 Å². The number of likely N-dealkylation sites (N-methyl/N-ethyl adjacent to an activating group) is 1. The van der Waals surface area contributed by atoms with Crippen LogP contribution in [0.4, 0.5) is 0 Å². The maximum atomic E-state index is 12.6. The van der Waals surface area contributed by atoms with Crippen molar-refractivity contribution in [2.45, 2.75) is 193 Å². The molecule has 0 saturated heterocycles. The van der Waals surface area contributed by atoms with E-state index >= 15 is 0 Å². The second kappa shape index (κ2) is 36.1. The van der Waals surface area contributed by atoms with Gasteiger partial charge in [0.05, 0.1) is 27.7 Å². The fraction of sp³-hybridized carbons (Fsp3) is 0.860. The SMILES string of the molecule is CCCCCCCCCCC/C=C/C/C=C/CCCC(=O)OC[C@@H](COP(=O)(O)OCC[N+](C)(C)C)OC(=O)CCCCCCCCCCCCCC. The Balaban J connectivity index is 4.41. The van der Waals surface area contributed by atoms with Crippen molar-refractivity contribution < 1.29 is 42.1 Å². The summed E-state index contributed by atoms with van der Waals surface area (Å²) in [7, 11) is 1.46. The van der Waals surface area contributed by atoms with Gasteiger partial charge in [0.25, 0.3) is 0 Å². The quantitative estimate of drug-likeness (QED) is 0.0216. The number of quaternary nitrogens is 1. The van der Waals surface area contributed by atoms with Crippen LogP contribution in [0.15, 0.2) is 24.3 Å². The number of ether oxygens (including phenoxy) is 2. The molecule has 0 radical (unpaired) electrons. The molecule has 0 fully saturated rings. The topological polar surface area (TPSA) is 108 Å². The molecule has 312 valence electrons. The Morgan fingerprint density at radius 2 is 1.04 bits per heavy atom. The maximum Gasteiger partial charge on any atom is 0.472 e. The molecule has 10 heteroatoms. The van der Waals surface area contributed by atoms with Crippen LogP contribution in [0.3, 0.4) is 0 Å². The van der Waals surface area contributed by atoms with Gasteiger partial charge in [0.2, 0.25) is 0 Å². The van der Waals surface area contributed by atoms with Gasteiger partial charge in [-0.15, -0.1) is 0 Å². The van der Waals surface area contributed by atoms with Crippen LogP contribution in [0.1, 0.15) is 187 Å². The molecule has 0 aliphatic rings. The van der Waals surface area contributed by atoms with Crippen LogP contribution in [0.5, 0.6) is 0 Å². The highest BCUT2D eigenvalue weighted by Gasteiger charge is 2.27. The number of allylic oxidation sites excluding steroid dienone is 4. The number of carbonyl (C=O) groups is 2. The summed E-state index contributed by atoms with van der Waals surface area (Å²) in [6.07, 6.45) is 38.0. The summed E-state index contributed by atoms with van der Waals surface area (Å²) in [6, 6.07) is 0. The molecule has 0 rings (SSSR count). The zero-order chi connectivity index (χ0) is 39.3. The molecule has 0 aromatic heterocycles. The summed E-state index contributed by atoms with van der Waals surface area (Å²) in [4.78, 5) is 35.3. The minimum absolute atomic E-state index is 0.0275. The zero-order valence-electron chi connectivity index (χ0n) is 35.0. The molecule has 2 atom stereocenters. The van der Waals surface area contributed by atoms with Gasteiger partial charge in [0.15, 0.2) is 6.10 Å². The molecule has 0 amide bonds. The van der Waals surface area contributed by atoms with Crippen LogP contribution in [0.2, 0.25) is 0 Å². The number of phosphoric ester groups is 1. The molecule has 1 N–H and O–H groups in total. The normalized spacial score (nSPS) is 13.8. The number of carbonyl (C=O) groups excluding carboxylic acids is 2. The molecule has 9 nitrogen and oxygen atoms in total. The van der Waals surface area contributed by atoms with Gasteiger partial charge in [-0.3, -0.25) is 18.6 Å². The van der Waals surface area contributed by atoms with Crippen molar-refractivity contribution in [1.29, 1.82) is 0 Å². The van der Waals surface area contributed by atoms with E-state index in [1.807, 2.05) is 21.1 Å². The molecule has 0 aromatic rings. The molecule has 0 spiro atoms. The lowest BCUT2D eigenvalue weighted by molar-refractivity contribution is -0.870. The molecule has 1 unspecified atom stereocenters. The van der Waals surface area contributed by atoms with Gasteiger partial charge in [0, 0.05) is 12.8 Å². The lowest BCUT2D eigenvalue weighted by Crippen LogP contribution is -2.37. The molecular weight excluding hydrogens is 689 g/mol. The van der Waals surface area contributed by atoms with Gasteiger partial charge in [0.1, 0.15) is 19.8 Å². The van der Waals surface area contributed by atoms with E-state index in [9.17, 15) is 19.0 Å². The standard InChI is InChI=1S/C43H82NO8P/c1-6-8-10-12-14-16-18-20-21-22-23-24-26-27-29-31-33-35-42(45)49-39-41(40-51-53(47,48)50-38-37-44(3,4)5)52-43(46)36-34-32-30-28-25-19-17-15-13-11-9-7-2/h23-24,27,29,41H,6-22,25-26,28,30-40H2,1-5H3/p+1/b24-23+,29-27+/t41-/m0/s1. The van der Waals surface area contributed by atoms with E-state index in [1.165, 1.54) is 116 Å². The Kier molecular flexibility index (Phi) is 35.1. The average molecular weight is 773 g/mol. The van der Waals surface area contributed by atoms with E-state index in [1.54, 1.807) is 0 Å². The fourth-order valence-electron chi connectivity index (χ4n) is 5.82. The first kappa shape index (κ1) is 51.5. The van der Waals surface area contributed by atoms with E-state index in [4.69, 9.17) is 18.5 Å². The maximum absolute atomic E-state index is 12.6. The van der Waals surface area contributed by atoms with Crippen LogP contribution in [0.25, 0.3) is 0 Å². The van der Waals surface area contributed by atoms with E-state index in [0.29, 0.717) is 23.9 Å². The molecule has 0 heterocycles. The first-order valence-corrected chi connectivity index (χ1v) is 23.1. The Hall–Kier alpha value is -1.51. The fourth-order valence-corrected chi connectivity index (χ4v) is 6.56. The van der Waals surface area contributed by atoms with E-state index in [-0.39, 0.29) is 26.1 Å². The first-order chi connectivity index (χ1) is 25.5. The summed E-state index contributed by atoms with van der Waals surface area (Å²) in [5.74, 6) is -0.847. The van der Waals surface area contributed by atoms with Crippen LogP contribution >= 0.6 is 7.82 Å². The van der Waals surface area contributed by atoms with Gasteiger partial charge >= 0.3 is 19.8 Å². The number of unbranched alkanes of at least 4 members (excludes halogenated alkanes) is 21. The van der Waals surface area contributed by atoms with Gasteiger partial charge in [-0.2, -0.15) is 0 Å². The van der Waals surface area contributed by atoms with Gasteiger partial charge in [-0.05, 0) is 38.5 Å². The second-order valence-corrected chi connectivity index (χ2v) is 17.2. The number of hydrogen-bond acceptors (Lipinski definition) is 7. The molecule has 0 aromatic carbocycles. The number of phosphoric acid groups is 1. The van der Waals surface area contributed by atoms with Crippen LogP contribution in [-0.2, 0) is 32.7 Å². The van der Waals surface area contributed by atoms with E-state index in [0.717, 1.165) is 32.1 Å². The monoisotopic (exact) mass is 773 g/mol. The van der Waals surface area contributed by atoms with Crippen molar-refractivity contribution in [3.8, 4) is 0 Å². The number of hydrogen-bond donors (Lipinski definition) is 1. The second-order valence-electron chi connectivity index (χ2n) is 15.7. The van der Waals surface area contributed by atoms with Crippen LogP contribution in [-0.4, -0.2) is 74.9 Å². The predicted octanol–water partition coefficient (Wildman–Crippen LogP) is 12.0. The Morgan fingerprint density at radius 3 is 1.55 bits per heavy atom. The molecule has 0 saturated carbocycles. The average Bonchev–Trinajstić information content (AvgIpc) is 3.10.